The van der Waals surface area contributed by atoms with E-state index in [1.54, 1.807) is 6.20 Å². The number of urea groups is 1. The fourth-order valence-electron chi connectivity index (χ4n) is 3.07. The Kier molecular flexibility index (Phi) is 3.66. The number of rotatable bonds is 2. The summed E-state index contributed by atoms with van der Waals surface area (Å²) in [6.07, 6.45) is 10.6. The molecule has 1 aliphatic heterocycles. The van der Waals surface area contributed by atoms with Gasteiger partial charge in [-0.2, -0.15) is 0 Å². The number of nitrogens with one attached hydrogen (secondary N) is 1. The number of nitrogens with zero attached hydrogens (tertiary/aromatic N) is 4. The number of amides is 2. The molecule has 1 saturated heterocycles. The van der Waals surface area contributed by atoms with E-state index in [1.807, 2.05) is 15.8 Å². The summed E-state index contributed by atoms with van der Waals surface area (Å²) in [6.45, 7) is 1.55. The van der Waals surface area contributed by atoms with E-state index in [9.17, 15) is 4.79 Å². The Morgan fingerprint density at radius 1 is 1.21 bits per heavy atom. The lowest BCUT2D eigenvalue weighted by Crippen LogP contribution is -2.44. The van der Waals surface area contributed by atoms with Crippen LogP contribution in [0.4, 0.5) is 4.79 Å². The summed E-state index contributed by atoms with van der Waals surface area (Å²) in [6, 6.07) is 0.751. The monoisotopic (exact) mass is 263 g/mol. The van der Waals surface area contributed by atoms with E-state index in [1.165, 1.54) is 19.3 Å². The topological polar surface area (TPSA) is 63.1 Å². The lowest BCUT2D eigenvalue weighted by Gasteiger charge is -2.26. The molecule has 6 nitrogen and oxygen atoms in total. The van der Waals surface area contributed by atoms with Crippen LogP contribution in [-0.2, 0) is 0 Å². The summed E-state index contributed by atoms with van der Waals surface area (Å²) in [7, 11) is 0. The Morgan fingerprint density at radius 3 is 2.79 bits per heavy atom. The van der Waals surface area contributed by atoms with Crippen molar-refractivity contribution in [3.05, 3.63) is 12.4 Å². The maximum atomic E-state index is 12.2. The van der Waals surface area contributed by atoms with Crippen molar-refractivity contribution in [3.63, 3.8) is 0 Å². The second kappa shape index (κ2) is 5.59. The van der Waals surface area contributed by atoms with Gasteiger partial charge in [-0.15, -0.1) is 5.10 Å². The first-order valence-corrected chi connectivity index (χ1v) is 7.24. The number of carbonyl (C=O) groups is 1. The molecule has 0 spiro atoms. The van der Waals surface area contributed by atoms with Crippen molar-refractivity contribution in [1.82, 2.24) is 25.2 Å². The third-order valence-corrected chi connectivity index (χ3v) is 4.20. The van der Waals surface area contributed by atoms with Gasteiger partial charge in [0.05, 0.1) is 12.2 Å². The highest BCUT2D eigenvalue weighted by molar-refractivity contribution is 5.74. The summed E-state index contributed by atoms with van der Waals surface area (Å²) in [4.78, 5) is 14.1. The van der Waals surface area contributed by atoms with Crippen molar-refractivity contribution in [3.8, 4) is 0 Å². The Morgan fingerprint density at radius 2 is 2.05 bits per heavy atom. The molecule has 1 atom stereocenters. The van der Waals surface area contributed by atoms with Crippen LogP contribution in [0.3, 0.4) is 0 Å². The van der Waals surface area contributed by atoms with Gasteiger partial charge in [-0.25, -0.2) is 9.48 Å². The Bertz CT molecular complexity index is 413. The average molecular weight is 263 g/mol. The smallest absolute Gasteiger partial charge is 0.317 e. The van der Waals surface area contributed by atoms with Crippen LogP contribution in [0.25, 0.3) is 0 Å². The molecule has 0 radical (unpaired) electrons. The minimum atomic E-state index is 0.0921. The molecule has 0 bridgehead atoms. The molecule has 19 heavy (non-hydrogen) atoms. The van der Waals surface area contributed by atoms with Gasteiger partial charge in [-0.1, -0.05) is 24.5 Å². The van der Waals surface area contributed by atoms with Crippen LogP contribution < -0.4 is 5.32 Å². The highest BCUT2D eigenvalue weighted by Gasteiger charge is 2.29. The maximum Gasteiger partial charge on any atom is 0.317 e. The molecule has 6 heteroatoms. The van der Waals surface area contributed by atoms with Gasteiger partial charge in [0.25, 0.3) is 0 Å². The third-order valence-electron chi connectivity index (χ3n) is 4.20. The van der Waals surface area contributed by atoms with E-state index < -0.39 is 0 Å². The molecule has 2 aliphatic rings. The molecule has 0 unspecified atom stereocenters. The molecule has 2 amide bonds. The van der Waals surface area contributed by atoms with Crippen molar-refractivity contribution in [2.45, 2.75) is 50.6 Å². The largest absolute Gasteiger partial charge is 0.335 e. The molecule has 1 aliphatic carbocycles. The molecular formula is C13H21N5O. The van der Waals surface area contributed by atoms with Crippen molar-refractivity contribution in [2.75, 3.05) is 13.1 Å². The molecule has 1 aromatic heterocycles. The van der Waals surface area contributed by atoms with Crippen LogP contribution in [0.5, 0.6) is 0 Å². The molecule has 1 N–H and O–H groups in total. The second-order valence-corrected chi connectivity index (χ2v) is 5.56. The molecule has 3 rings (SSSR count). The molecule has 1 saturated carbocycles. The van der Waals surface area contributed by atoms with Gasteiger partial charge in [-0.05, 0) is 19.3 Å². The molecule has 104 valence electrons. The van der Waals surface area contributed by atoms with Crippen LogP contribution in [-0.4, -0.2) is 45.1 Å². The zero-order chi connectivity index (χ0) is 13.1. The van der Waals surface area contributed by atoms with Gasteiger partial charge < -0.3 is 10.2 Å². The predicted octanol–water partition coefficient (Wildman–Crippen LogP) is 1.57. The van der Waals surface area contributed by atoms with Crippen LogP contribution in [0.15, 0.2) is 12.4 Å². The standard InChI is InChI=1S/C13H21N5O/c19-13(15-11-4-2-1-3-5-11)17-8-6-12(10-17)18-9-7-14-16-18/h7,9,11-12H,1-6,8,10H2,(H,15,19)/t12-/m0/s1. The number of aromatic nitrogens is 3. The first-order chi connectivity index (χ1) is 9.33. The SMILES string of the molecule is O=C(NC1CCCCC1)N1CC[C@H](n2ccnn2)C1. The minimum absolute atomic E-state index is 0.0921. The normalized spacial score (nSPS) is 24.6. The number of carbonyl (C=O) groups excluding carboxylic acids is 1. The van der Waals surface area contributed by atoms with E-state index in [-0.39, 0.29) is 12.1 Å². The van der Waals surface area contributed by atoms with Gasteiger partial charge in [0, 0.05) is 25.3 Å². The second-order valence-electron chi connectivity index (χ2n) is 5.56. The fourth-order valence-corrected chi connectivity index (χ4v) is 3.07. The number of likely N-dealkylation sites (tertiary alicyclic amines) is 1. The Hall–Kier alpha value is -1.59. The van der Waals surface area contributed by atoms with E-state index in [2.05, 4.69) is 15.6 Å². The van der Waals surface area contributed by atoms with E-state index in [0.29, 0.717) is 6.04 Å². The lowest BCUT2D eigenvalue weighted by molar-refractivity contribution is 0.198. The molecular weight excluding hydrogens is 242 g/mol. The van der Waals surface area contributed by atoms with E-state index in [0.717, 1.165) is 32.4 Å². The summed E-state index contributed by atoms with van der Waals surface area (Å²) >= 11 is 0. The van der Waals surface area contributed by atoms with Crippen LogP contribution in [0.2, 0.25) is 0 Å². The van der Waals surface area contributed by atoms with Crippen molar-refractivity contribution in [2.24, 2.45) is 0 Å². The third kappa shape index (κ3) is 2.88. The summed E-state index contributed by atoms with van der Waals surface area (Å²) in [5.74, 6) is 0. The Labute approximate surface area is 113 Å². The van der Waals surface area contributed by atoms with Crippen molar-refractivity contribution in [1.29, 1.82) is 0 Å². The van der Waals surface area contributed by atoms with Crippen LogP contribution in [0.1, 0.15) is 44.6 Å². The minimum Gasteiger partial charge on any atom is -0.335 e. The van der Waals surface area contributed by atoms with Gasteiger partial charge in [-0.3, -0.25) is 0 Å². The van der Waals surface area contributed by atoms with Gasteiger partial charge in [0.15, 0.2) is 0 Å². The average Bonchev–Trinajstić information content (AvgIpc) is 3.11. The molecule has 0 aromatic carbocycles. The highest BCUT2D eigenvalue weighted by atomic mass is 16.2. The lowest BCUT2D eigenvalue weighted by atomic mass is 9.96. The number of hydrogen-bond acceptors (Lipinski definition) is 3. The highest BCUT2D eigenvalue weighted by Crippen LogP contribution is 2.21. The van der Waals surface area contributed by atoms with Crippen LogP contribution >= 0.6 is 0 Å². The molecule has 2 fully saturated rings. The van der Waals surface area contributed by atoms with Crippen LogP contribution in [0, 0.1) is 0 Å². The maximum absolute atomic E-state index is 12.2. The Balaban J connectivity index is 1.51. The van der Waals surface area contributed by atoms with Gasteiger partial charge >= 0.3 is 6.03 Å². The zero-order valence-corrected chi connectivity index (χ0v) is 11.2. The zero-order valence-electron chi connectivity index (χ0n) is 11.2. The van der Waals surface area contributed by atoms with Gasteiger partial charge in [0.2, 0.25) is 0 Å². The number of hydrogen-bond donors (Lipinski definition) is 1. The summed E-state index contributed by atoms with van der Waals surface area (Å²) in [5, 5.41) is 11.0. The molecule has 2 heterocycles. The summed E-state index contributed by atoms with van der Waals surface area (Å²) < 4.78 is 1.86. The van der Waals surface area contributed by atoms with Gasteiger partial charge in [0.1, 0.15) is 0 Å². The van der Waals surface area contributed by atoms with E-state index >= 15 is 0 Å². The summed E-state index contributed by atoms with van der Waals surface area (Å²) in [5.41, 5.74) is 0. The first kappa shape index (κ1) is 12.4. The predicted molar refractivity (Wildman–Crippen MR) is 70.7 cm³/mol. The fraction of sp³-hybridized carbons (Fsp3) is 0.769. The van der Waals surface area contributed by atoms with E-state index in [4.69, 9.17) is 0 Å². The molecule has 1 aromatic rings. The van der Waals surface area contributed by atoms with Crippen molar-refractivity contribution >= 4 is 6.03 Å². The quantitative estimate of drug-likeness (QED) is 0.881. The van der Waals surface area contributed by atoms with Crippen molar-refractivity contribution < 1.29 is 4.79 Å². The first-order valence-electron chi connectivity index (χ1n) is 7.24.